The van der Waals surface area contributed by atoms with Crippen molar-refractivity contribution in [3.05, 3.63) is 40.9 Å². The third-order valence-electron chi connectivity index (χ3n) is 4.71. The number of H-pyrrole nitrogens is 1. The molecule has 4 heterocycles. The second-order valence-electron chi connectivity index (χ2n) is 7.43. The van der Waals surface area contributed by atoms with Crippen molar-refractivity contribution < 1.29 is 9.32 Å². The minimum atomic E-state index is -0.0105. The number of carbonyl (C=O) groups is 1. The SMILES string of the molecule is CC(C)Cc1cc(C(=O)N2CCN(Cc3nc(-c4cccs4)no3)CC2)n[nH]1. The van der Waals surface area contributed by atoms with E-state index in [1.54, 1.807) is 11.3 Å². The Balaban J connectivity index is 1.29. The lowest BCUT2D eigenvalue weighted by Crippen LogP contribution is -2.48. The predicted octanol–water partition coefficient (Wildman–Crippen LogP) is 2.68. The lowest BCUT2D eigenvalue weighted by atomic mass is 10.1. The second-order valence-corrected chi connectivity index (χ2v) is 8.38. The van der Waals surface area contributed by atoms with Crippen molar-refractivity contribution in [3.8, 4) is 10.7 Å². The summed E-state index contributed by atoms with van der Waals surface area (Å²) in [5.74, 6) is 1.75. The van der Waals surface area contributed by atoms with Gasteiger partial charge in [-0.3, -0.25) is 14.8 Å². The number of thiophene rings is 1. The zero-order valence-corrected chi connectivity index (χ0v) is 16.9. The van der Waals surface area contributed by atoms with E-state index in [1.807, 2.05) is 28.5 Å². The van der Waals surface area contributed by atoms with E-state index in [2.05, 4.69) is 39.1 Å². The highest BCUT2D eigenvalue weighted by atomic mass is 32.1. The maximum absolute atomic E-state index is 12.7. The summed E-state index contributed by atoms with van der Waals surface area (Å²) >= 11 is 1.59. The average molecular weight is 401 g/mol. The van der Waals surface area contributed by atoms with Crippen LogP contribution >= 0.6 is 11.3 Å². The average Bonchev–Trinajstić information content (AvgIpc) is 3.43. The van der Waals surface area contributed by atoms with E-state index < -0.39 is 0 Å². The maximum atomic E-state index is 12.7. The molecule has 3 aromatic heterocycles. The van der Waals surface area contributed by atoms with Crippen LogP contribution in [-0.2, 0) is 13.0 Å². The van der Waals surface area contributed by atoms with Crippen LogP contribution in [0.4, 0.5) is 0 Å². The summed E-state index contributed by atoms with van der Waals surface area (Å²) in [6, 6.07) is 5.82. The number of piperazine rings is 1. The number of aromatic amines is 1. The molecule has 1 amide bonds. The van der Waals surface area contributed by atoms with Gasteiger partial charge in [-0.25, -0.2) is 0 Å². The summed E-state index contributed by atoms with van der Waals surface area (Å²) in [4.78, 5) is 22.2. The molecule has 1 fully saturated rings. The lowest BCUT2D eigenvalue weighted by molar-refractivity contribution is 0.0609. The van der Waals surface area contributed by atoms with Gasteiger partial charge < -0.3 is 9.42 Å². The molecule has 0 atom stereocenters. The molecule has 1 aliphatic rings. The van der Waals surface area contributed by atoms with Crippen LogP contribution in [0.25, 0.3) is 10.7 Å². The van der Waals surface area contributed by atoms with Crippen molar-refractivity contribution in [2.24, 2.45) is 5.92 Å². The van der Waals surface area contributed by atoms with Gasteiger partial charge in [0.1, 0.15) is 5.69 Å². The van der Waals surface area contributed by atoms with E-state index in [-0.39, 0.29) is 5.91 Å². The van der Waals surface area contributed by atoms with E-state index in [4.69, 9.17) is 4.52 Å². The van der Waals surface area contributed by atoms with Gasteiger partial charge in [-0.15, -0.1) is 11.3 Å². The second kappa shape index (κ2) is 8.24. The largest absolute Gasteiger partial charge is 0.338 e. The van der Waals surface area contributed by atoms with Crippen LogP contribution in [-0.4, -0.2) is 62.2 Å². The highest BCUT2D eigenvalue weighted by molar-refractivity contribution is 7.13. The van der Waals surface area contributed by atoms with Gasteiger partial charge in [0.05, 0.1) is 11.4 Å². The number of aromatic nitrogens is 4. The molecule has 0 aromatic carbocycles. The lowest BCUT2D eigenvalue weighted by Gasteiger charge is -2.33. The van der Waals surface area contributed by atoms with E-state index in [0.29, 0.717) is 43.0 Å². The zero-order chi connectivity index (χ0) is 19.5. The van der Waals surface area contributed by atoms with Crippen molar-refractivity contribution in [2.75, 3.05) is 26.2 Å². The maximum Gasteiger partial charge on any atom is 0.274 e. The fourth-order valence-electron chi connectivity index (χ4n) is 3.30. The number of nitrogens with zero attached hydrogens (tertiary/aromatic N) is 5. The molecule has 0 aliphatic carbocycles. The molecule has 9 heteroatoms. The fourth-order valence-corrected chi connectivity index (χ4v) is 3.95. The van der Waals surface area contributed by atoms with Gasteiger partial charge in [0, 0.05) is 31.9 Å². The van der Waals surface area contributed by atoms with Crippen molar-refractivity contribution >= 4 is 17.2 Å². The third kappa shape index (κ3) is 4.31. The zero-order valence-electron chi connectivity index (χ0n) is 16.1. The van der Waals surface area contributed by atoms with E-state index >= 15 is 0 Å². The van der Waals surface area contributed by atoms with Crippen molar-refractivity contribution in [1.82, 2.24) is 30.1 Å². The first-order valence-electron chi connectivity index (χ1n) is 9.51. The highest BCUT2D eigenvalue weighted by Gasteiger charge is 2.25. The molecule has 0 spiro atoms. The summed E-state index contributed by atoms with van der Waals surface area (Å²) < 4.78 is 5.38. The number of nitrogens with one attached hydrogen (secondary N) is 1. The van der Waals surface area contributed by atoms with E-state index in [9.17, 15) is 4.79 Å². The van der Waals surface area contributed by atoms with Gasteiger partial charge >= 0.3 is 0 Å². The van der Waals surface area contributed by atoms with Crippen LogP contribution in [0.5, 0.6) is 0 Å². The third-order valence-corrected chi connectivity index (χ3v) is 5.57. The minimum absolute atomic E-state index is 0.0105. The van der Waals surface area contributed by atoms with Gasteiger partial charge in [-0.05, 0) is 29.9 Å². The number of rotatable bonds is 6. The Morgan fingerprint density at radius 1 is 1.32 bits per heavy atom. The topological polar surface area (TPSA) is 91.2 Å². The Bertz CT molecular complexity index is 909. The molecule has 1 N–H and O–H groups in total. The monoisotopic (exact) mass is 400 g/mol. The number of carbonyl (C=O) groups excluding carboxylic acids is 1. The Hall–Kier alpha value is -2.52. The fraction of sp³-hybridized carbons (Fsp3) is 0.474. The molecular formula is C19H24N6O2S. The molecule has 4 rings (SSSR count). The quantitative estimate of drug-likeness (QED) is 0.684. The van der Waals surface area contributed by atoms with Crippen molar-refractivity contribution in [1.29, 1.82) is 0 Å². The van der Waals surface area contributed by atoms with Gasteiger partial charge in [0.25, 0.3) is 5.91 Å². The molecule has 1 aliphatic heterocycles. The van der Waals surface area contributed by atoms with Crippen LogP contribution in [0.3, 0.4) is 0 Å². The van der Waals surface area contributed by atoms with Gasteiger partial charge in [0.15, 0.2) is 0 Å². The summed E-state index contributed by atoms with van der Waals surface area (Å²) in [5, 5.41) is 13.2. The van der Waals surface area contributed by atoms with Crippen LogP contribution in [0, 0.1) is 5.92 Å². The molecule has 0 bridgehead atoms. The number of amides is 1. The Kier molecular flexibility index (Phi) is 5.54. The first-order valence-corrected chi connectivity index (χ1v) is 10.4. The summed E-state index contributed by atoms with van der Waals surface area (Å²) in [5.41, 5.74) is 1.51. The standard InChI is InChI=1S/C19H24N6O2S/c1-13(2)10-14-11-15(22-21-14)19(26)25-7-5-24(6-8-25)12-17-20-18(23-27-17)16-4-3-9-28-16/h3-4,9,11,13H,5-8,10,12H2,1-2H3,(H,21,22). The molecule has 8 nitrogen and oxygen atoms in total. The highest BCUT2D eigenvalue weighted by Crippen LogP contribution is 2.21. The van der Waals surface area contributed by atoms with Crippen LogP contribution in [0.15, 0.2) is 28.1 Å². The Morgan fingerprint density at radius 3 is 2.86 bits per heavy atom. The first-order chi connectivity index (χ1) is 13.6. The molecule has 0 radical (unpaired) electrons. The van der Waals surface area contributed by atoms with Crippen LogP contribution < -0.4 is 0 Å². The van der Waals surface area contributed by atoms with Gasteiger partial charge in [-0.1, -0.05) is 25.1 Å². The van der Waals surface area contributed by atoms with Crippen molar-refractivity contribution in [3.63, 3.8) is 0 Å². The minimum Gasteiger partial charge on any atom is -0.338 e. The molecule has 0 saturated carbocycles. The van der Waals surface area contributed by atoms with Crippen molar-refractivity contribution in [2.45, 2.75) is 26.8 Å². The summed E-state index contributed by atoms with van der Waals surface area (Å²) in [7, 11) is 0. The number of hydrogen-bond donors (Lipinski definition) is 1. The number of hydrogen-bond acceptors (Lipinski definition) is 7. The first kappa shape index (κ1) is 18.8. The molecule has 1 saturated heterocycles. The molecule has 28 heavy (non-hydrogen) atoms. The molecule has 148 valence electrons. The van der Waals surface area contributed by atoms with Gasteiger partial charge in [0.2, 0.25) is 11.7 Å². The predicted molar refractivity (Wildman–Crippen MR) is 106 cm³/mol. The van der Waals surface area contributed by atoms with Gasteiger partial charge in [-0.2, -0.15) is 10.1 Å². The summed E-state index contributed by atoms with van der Waals surface area (Å²) in [6.07, 6.45) is 0.895. The van der Waals surface area contributed by atoms with Crippen LogP contribution in [0.1, 0.15) is 35.9 Å². The van der Waals surface area contributed by atoms with E-state index in [1.165, 1.54) is 0 Å². The molecular weight excluding hydrogens is 376 g/mol. The summed E-state index contributed by atoms with van der Waals surface area (Å²) in [6.45, 7) is 7.76. The Morgan fingerprint density at radius 2 is 2.14 bits per heavy atom. The molecule has 3 aromatic rings. The normalized spacial score (nSPS) is 15.5. The molecule has 0 unspecified atom stereocenters. The van der Waals surface area contributed by atoms with Crippen LogP contribution in [0.2, 0.25) is 0 Å². The van der Waals surface area contributed by atoms with E-state index in [0.717, 1.165) is 30.1 Å². The smallest absolute Gasteiger partial charge is 0.274 e. The Labute approximate surface area is 167 Å².